The number of ketones is 2. The highest BCUT2D eigenvalue weighted by atomic mass is 32.1. The van der Waals surface area contributed by atoms with Gasteiger partial charge in [-0.1, -0.05) is 55.8 Å². The maximum absolute atomic E-state index is 14.0. The number of thiazole rings is 1. The number of nitrogens with two attached hydrogens (primary N) is 1. The number of aromatic nitrogens is 1. The number of hydrogen-bond donors (Lipinski definition) is 10. The number of nitrogens with zero attached hydrogens (tertiary/aromatic N) is 1. The first kappa shape index (κ1) is 53.8. The Morgan fingerprint density at radius 2 is 1.72 bits per heavy atom. The molecular formula is C51H59N5O18S. The summed E-state index contributed by atoms with van der Waals surface area (Å²) < 4.78 is 29.7. The summed E-state index contributed by atoms with van der Waals surface area (Å²) >= 11 is 1.29. The summed E-state index contributed by atoms with van der Waals surface area (Å²) in [7, 11) is 0. The molecule has 6 aliphatic rings. The van der Waals surface area contributed by atoms with Crippen molar-refractivity contribution in [3.8, 4) is 5.75 Å². The number of allylic oxidation sites excluding steroid dienone is 4. The Bertz CT molecular complexity index is 2770. The number of carboxylic acid groups (broad SMARTS) is 1. The summed E-state index contributed by atoms with van der Waals surface area (Å²) in [6.45, 7) is 2.44. The van der Waals surface area contributed by atoms with Gasteiger partial charge in [-0.05, 0) is 72.9 Å². The number of amides is 3. The first-order valence-corrected chi connectivity index (χ1v) is 25.3. The summed E-state index contributed by atoms with van der Waals surface area (Å²) in [5.41, 5.74) is 0.00421. The van der Waals surface area contributed by atoms with Gasteiger partial charge in [0.25, 0.3) is 0 Å². The zero-order valence-corrected chi connectivity index (χ0v) is 41.6. The minimum absolute atomic E-state index is 0.0288. The Balaban J connectivity index is 0.812. The number of carboxylic acids is 1. The van der Waals surface area contributed by atoms with E-state index in [-0.39, 0.29) is 66.8 Å². The number of fused-ring (bicyclic) bond motifs is 7. The van der Waals surface area contributed by atoms with Gasteiger partial charge in [-0.15, -0.1) is 11.3 Å². The van der Waals surface area contributed by atoms with Crippen LogP contribution in [0.15, 0.2) is 71.6 Å². The van der Waals surface area contributed by atoms with Crippen molar-refractivity contribution in [1.29, 1.82) is 0 Å². The van der Waals surface area contributed by atoms with E-state index >= 15 is 0 Å². The molecule has 24 heteroatoms. The molecule has 5 fully saturated rings. The fraction of sp³-hybridized carbons (Fsp3) is 0.510. The standard InChI is InChI=1S/C51H59N5O18S/c1-49-13-11-28(58)17-27(49)8-9-29-30-18-35-51(34(60)20-57,50(30,2)19-32(59)40(29)49)74-46(72-35)26-6-3-24(4-7-26)16-39-55-36(23-75-39)56-48(68)69-21-25-5-10-33(31(15-25)54-37(61)12-14-53-38(62)22-70-52)71-47-43(65)41(63)42(64)44(73-47)45(66)67/h3-7,10-11,13,15,17,23,29-30,32,35,40-44,46-47,57,59,63-65H,8-9,12,14,16,18-22,52H2,1-2H3,(H,53,62)(H,54,61)(H,56,68)(H,66,67)/t29-,30-,32-,35+,40+,41-,42-,43+,44-,46-,47+,49-,50-,51+/m0/s1. The van der Waals surface area contributed by atoms with Gasteiger partial charge in [-0.25, -0.2) is 20.5 Å². The second-order valence-corrected chi connectivity index (χ2v) is 21.2. The molecule has 14 atom stereocenters. The normalized spacial score (nSPS) is 33.5. The Kier molecular flexibility index (Phi) is 15.4. The number of aliphatic hydroxyl groups is 5. The Morgan fingerprint density at radius 1 is 0.960 bits per heavy atom. The number of benzene rings is 2. The van der Waals surface area contributed by atoms with E-state index in [9.17, 15) is 59.4 Å². The van der Waals surface area contributed by atoms with Gasteiger partial charge in [0.2, 0.25) is 18.1 Å². The summed E-state index contributed by atoms with van der Waals surface area (Å²) in [4.78, 5) is 84.4. The molecule has 0 unspecified atom stereocenters. The molecule has 2 aromatic carbocycles. The number of rotatable bonds is 17. The predicted molar refractivity (Wildman–Crippen MR) is 260 cm³/mol. The summed E-state index contributed by atoms with van der Waals surface area (Å²) in [5, 5.41) is 72.6. The highest BCUT2D eigenvalue weighted by Gasteiger charge is 2.76. The van der Waals surface area contributed by atoms with Gasteiger partial charge in [-0.2, -0.15) is 0 Å². The fourth-order valence-electron chi connectivity index (χ4n) is 12.3. The van der Waals surface area contributed by atoms with E-state index in [1.165, 1.54) is 29.5 Å². The van der Waals surface area contributed by atoms with Gasteiger partial charge < -0.3 is 65.0 Å². The lowest BCUT2D eigenvalue weighted by Gasteiger charge is -2.59. The summed E-state index contributed by atoms with van der Waals surface area (Å²) in [5.74, 6) is 1.40. The molecule has 75 heavy (non-hydrogen) atoms. The maximum Gasteiger partial charge on any atom is 0.413 e. The van der Waals surface area contributed by atoms with E-state index in [0.717, 1.165) is 17.6 Å². The van der Waals surface area contributed by atoms with Crippen LogP contribution in [-0.2, 0) is 60.8 Å². The molecular weight excluding hydrogens is 1000 g/mol. The molecule has 9 rings (SSSR count). The smallest absolute Gasteiger partial charge is 0.413 e. The van der Waals surface area contributed by atoms with Crippen molar-refractivity contribution in [2.45, 2.75) is 114 Å². The number of Topliss-reactive ketones (excluding diaryl/α,β-unsaturated/α-hetero) is 1. The SMILES string of the molecule is C[C@]12C=CC(=O)C=C1CC[C@@H]1[C@@H]2[C@@H](O)C[C@@]2(C)[C@H]1C[C@H]1O[C@H](c3ccc(Cc4nc(NC(=O)OCc5ccc(O[C@@H]6O[C@H](C(=O)O)[C@@H](O)[C@H](O)[C@H]6O)c(NC(=O)CCNC(=O)CON)c5)cs4)cc3)O[C@]12C(=O)CO. The minimum atomic E-state index is -1.98. The van der Waals surface area contributed by atoms with E-state index in [1.54, 1.807) is 17.5 Å². The first-order chi connectivity index (χ1) is 35.8. The zero-order valence-electron chi connectivity index (χ0n) is 40.8. The predicted octanol–water partition coefficient (Wildman–Crippen LogP) is 1.69. The van der Waals surface area contributed by atoms with Gasteiger partial charge in [-0.3, -0.25) is 29.3 Å². The van der Waals surface area contributed by atoms with Crippen molar-refractivity contribution in [2.75, 3.05) is 30.4 Å². The number of aliphatic hydroxyl groups excluding tert-OH is 5. The number of aliphatic carboxylic acids is 1. The van der Waals surface area contributed by atoms with Crippen LogP contribution in [0.2, 0.25) is 0 Å². The van der Waals surface area contributed by atoms with E-state index in [4.69, 9.17) is 29.6 Å². The Morgan fingerprint density at radius 3 is 2.45 bits per heavy atom. The van der Waals surface area contributed by atoms with E-state index in [2.05, 4.69) is 32.7 Å². The molecule has 2 aliphatic heterocycles. The van der Waals surface area contributed by atoms with Crippen LogP contribution in [0.25, 0.3) is 0 Å². The molecule has 2 saturated heterocycles. The van der Waals surface area contributed by atoms with Crippen molar-refractivity contribution in [2.24, 2.45) is 34.5 Å². The maximum atomic E-state index is 14.0. The van der Waals surface area contributed by atoms with Crippen molar-refractivity contribution in [3.05, 3.63) is 93.3 Å². The molecule has 3 amide bonds. The molecule has 402 valence electrons. The van der Waals surface area contributed by atoms with Crippen molar-refractivity contribution in [1.82, 2.24) is 10.3 Å². The lowest BCUT2D eigenvalue weighted by atomic mass is 9.46. The van der Waals surface area contributed by atoms with Crippen LogP contribution in [0, 0.1) is 28.6 Å². The molecule has 4 aliphatic carbocycles. The monoisotopic (exact) mass is 1060 g/mol. The van der Waals surface area contributed by atoms with Crippen LogP contribution in [0.3, 0.4) is 0 Å². The largest absolute Gasteiger partial charge is 0.479 e. The molecule has 0 spiro atoms. The number of nitrogens with one attached hydrogen (secondary N) is 3. The highest BCUT2D eigenvalue weighted by molar-refractivity contribution is 7.10. The van der Waals surface area contributed by atoms with Gasteiger partial charge in [0, 0.05) is 47.1 Å². The third kappa shape index (κ3) is 10.2. The van der Waals surface area contributed by atoms with E-state index < -0.39 is 109 Å². The molecule has 3 aromatic rings. The fourth-order valence-corrected chi connectivity index (χ4v) is 13.1. The molecule has 0 bridgehead atoms. The average Bonchev–Trinajstić information content (AvgIpc) is 4.16. The first-order valence-electron chi connectivity index (χ1n) is 24.5. The van der Waals surface area contributed by atoms with Crippen LogP contribution >= 0.6 is 11.3 Å². The average molecular weight is 1060 g/mol. The van der Waals surface area contributed by atoms with Gasteiger partial charge >= 0.3 is 12.1 Å². The highest BCUT2D eigenvalue weighted by Crippen LogP contribution is 2.70. The topological polar surface area (TPSA) is 354 Å². The number of hydrogen-bond acceptors (Lipinski definition) is 20. The van der Waals surface area contributed by atoms with Crippen LogP contribution in [0.5, 0.6) is 5.75 Å². The number of anilines is 2. The number of ether oxygens (including phenoxy) is 5. The lowest BCUT2D eigenvalue weighted by molar-refractivity contribution is -0.271. The number of carbonyl (C=O) groups excluding carboxylic acids is 5. The van der Waals surface area contributed by atoms with Crippen LogP contribution in [-0.4, -0.2) is 139 Å². The third-order valence-corrected chi connectivity index (χ3v) is 16.7. The molecule has 3 heterocycles. The molecule has 23 nitrogen and oxygen atoms in total. The molecule has 0 radical (unpaired) electrons. The van der Waals surface area contributed by atoms with Gasteiger partial charge in [0.05, 0.1) is 22.9 Å². The Labute approximate surface area is 432 Å². The van der Waals surface area contributed by atoms with E-state index in [1.807, 2.05) is 37.3 Å². The van der Waals surface area contributed by atoms with Gasteiger partial charge in [0.1, 0.15) is 49.7 Å². The lowest BCUT2D eigenvalue weighted by Crippen LogP contribution is -2.63. The summed E-state index contributed by atoms with van der Waals surface area (Å²) in [6, 6.07) is 11.5. The van der Waals surface area contributed by atoms with Crippen molar-refractivity contribution >= 4 is 58.3 Å². The third-order valence-electron chi connectivity index (χ3n) is 15.8. The molecule has 3 saturated carbocycles. The minimum Gasteiger partial charge on any atom is -0.479 e. The second-order valence-electron chi connectivity index (χ2n) is 20.2. The quantitative estimate of drug-likeness (QED) is 0.0860. The molecule has 11 N–H and O–H groups in total. The van der Waals surface area contributed by atoms with Crippen molar-refractivity contribution in [3.63, 3.8) is 0 Å². The van der Waals surface area contributed by atoms with Gasteiger partial charge in [0.15, 0.2) is 29.6 Å². The second kappa shape index (κ2) is 21.5. The van der Waals surface area contributed by atoms with Crippen molar-refractivity contribution < 1.29 is 87.9 Å². The molecule has 1 aromatic heterocycles. The zero-order chi connectivity index (χ0) is 53.6. The van der Waals surface area contributed by atoms with Crippen LogP contribution < -0.4 is 26.6 Å². The Hall–Kier alpha value is -6.03. The summed E-state index contributed by atoms with van der Waals surface area (Å²) in [6.07, 6.45) is -5.27. The van der Waals surface area contributed by atoms with E-state index in [0.29, 0.717) is 35.4 Å². The van der Waals surface area contributed by atoms with Crippen LogP contribution in [0.1, 0.15) is 73.9 Å². The van der Waals surface area contributed by atoms with Crippen LogP contribution in [0.4, 0.5) is 16.3 Å². The number of carbonyl (C=O) groups is 6.